The van der Waals surface area contributed by atoms with E-state index in [1.807, 2.05) is 25.1 Å². The zero-order valence-electron chi connectivity index (χ0n) is 10.4. The highest BCUT2D eigenvalue weighted by atomic mass is 35.5. The van der Waals surface area contributed by atoms with Gasteiger partial charge in [-0.2, -0.15) is 0 Å². The molecule has 0 saturated heterocycles. The Labute approximate surface area is 115 Å². The van der Waals surface area contributed by atoms with Crippen molar-refractivity contribution in [3.05, 3.63) is 34.7 Å². The SMILES string of the molecule is Cc1ccc(-c2nnc(CCCC(=O)O)o2)c(Cl)c1. The quantitative estimate of drug-likeness (QED) is 0.910. The van der Waals surface area contributed by atoms with E-state index in [0.29, 0.717) is 35.2 Å². The molecule has 0 fully saturated rings. The molecule has 0 aliphatic carbocycles. The molecule has 1 N–H and O–H groups in total. The number of carboxylic acids is 1. The van der Waals surface area contributed by atoms with E-state index in [4.69, 9.17) is 21.1 Å². The summed E-state index contributed by atoms with van der Waals surface area (Å²) in [6.45, 7) is 1.95. The molecule has 1 aromatic heterocycles. The standard InChI is InChI=1S/C13H13ClN2O3/c1-8-5-6-9(10(14)7-8)13-16-15-11(19-13)3-2-4-12(17)18/h5-7H,2-4H2,1H3,(H,17,18). The van der Waals surface area contributed by atoms with E-state index in [9.17, 15) is 4.79 Å². The van der Waals surface area contributed by atoms with Crippen molar-refractivity contribution in [1.82, 2.24) is 10.2 Å². The van der Waals surface area contributed by atoms with Gasteiger partial charge in [0.25, 0.3) is 0 Å². The van der Waals surface area contributed by atoms with Crippen LogP contribution in [0.2, 0.25) is 5.02 Å². The van der Waals surface area contributed by atoms with Crippen LogP contribution in [0, 0.1) is 6.92 Å². The highest BCUT2D eigenvalue weighted by Crippen LogP contribution is 2.27. The van der Waals surface area contributed by atoms with Crippen molar-refractivity contribution in [3.8, 4) is 11.5 Å². The topological polar surface area (TPSA) is 76.2 Å². The normalized spacial score (nSPS) is 10.6. The van der Waals surface area contributed by atoms with Crippen LogP contribution in [0.25, 0.3) is 11.5 Å². The summed E-state index contributed by atoms with van der Waals surface area (Å²) in [4.78, 5) is 10.4. The second-order valence-electron chi connectivity index (χ2n) is 4.23. The first-order valence-electron chi connectivity index (χ1n) is 5.87. The van der Waals surface area contributed by atoms with Crippen molar-refractivity contribution in [2.45, 2.75) is 26.2 Å². The molecule has 0 radical (unpaired) electrons. The molecule has 2 rings (SSSR count). The fourth-order valence-corrected chi connectivity index (χ4v) is 1.96. The van der Waals surface area contributed by atoms with Gasteiger partial charge in [0, 0.05) is 12.8 Å². The van der Waals surface area contributed by atoms with E-state index >= 15 is 0 Å². The van der Waals surface area contributed by atoms with Gasteiger partial charge in [0.1, 0.15) is 0 Å². The molecule has 19 heavy (non-hydrogen) atoms. The van der Waals surface area contributed by atoms with Gasteiger partial charge >= 0.3 is 5.97 Å². The maximum atomic E-state index is 10.4. The summed E-state index contributed by atoms with van der Waals surface area (Å²) in [6, 6.07) is 5.56. The average Bonchev–Trinajstić information content (AvgIpc) is 2.77. The Morgan fingerprint density at radius 3 is 2.89 bits per heavy atom. The van der Waals surface area contributed by atoms with Gasteiger partial charge in [-0.25, -0.2) is 0 Å². The number of aromatic nitrogens is 2. The number of aliphatic carboxylic acids is 1. The molecule has 2 aromatic rings. The maximum absolute atomic E-state index is 10.4. The Balaban J connectivity index is 2.10. The molecule has 0 aliphatic heterocycles. The Bertz CT molecular complexity index is 595. The number of hydrogen-bond acceptors (Lipinski definition) is 4. The lowest BCUT2D eigenvalue weighted by molar-refractivity contribution is -0.137. The van der Waals surface area contributed by atoms with Gasteiger partial charge in [-0.3, -0.25) is 4.79 Å². The summed E-state index contributed by atoms with van der Waals surface area (Å²) in [5.74, 6) is -0.0514. The monoisotopic (exact) mass is 280 g/mol. The number of benzene rings is 1. The van der Waals surface area contributed by atoms with Gasteiger partial charge in [0.2, 0.25) is 11.8 Å². The van der Waals surface area contributed by atoms with Crippen LogP contribution < -0.4 is 0 Å². The molecule has 0 spiro atoms. The summed E-state index contributed by atoms with van der Waals surface area (Å²) < 4.78 is 5.47. The predicted octanol–water partition coefficient (Wildman–Crippen LogP) is 3.11. The summed E-state index contributed by atoms with van der Waals surface area (Å²) in [7, 11) is 0. The van der Waals surface area contributed by atoms with E-state index in [0.717, 1.165) is 5.56 Å². The van der Waals surface area contributed by atoms with Crippen LogP contribution in [0.15, 0.2) is 22.6 Å². The molecular weight excluding hydrogens is 268 g/mol. The number of rotatable bonds is 5. The Kier molecular flexibility index (Phi) is 4.16. The lowest BCUT2D eigenvalue weighted by Gasteiger charge is -1.99. The average molecular weight is 281 g/mol. The zero-order chi connectivity index (χ0) is 13.8. The summed E-state index contributed by atoms with van der Waals surface area (Å²) in [6.07, 6.45) is 1.00. The molecule has 0 aliphatic rings. The third kappa shape index (κ3) is 3.54. The molecular formula is C13H13ClN2O3. The first-order chi connectivity index (χ1) is 9.06. The molecule has 1 heterocycles. The Morgan fingerprint density at radius 2 is 2.21 bits per heavy atom. The van der Waals surface area contributed by atoms with Crippen LogP contribution >= 0.6 is 11.6 Å². The fourth-order valence-electron chi connectivity index (χ4n) is 1.65. The van der Waals surface area contributed by atoms with Gasteiger partial charge in [-0.1, -0.05) is 17.7 Å². The number of halogens is 1. The minimum Gasteiger partial charge on any atom is -0.481 e. The van der Waals surface area contributed by atoms with Crippen molar-refractivity contribution in [1.29, 1.82) is 0 Å². The van der Waals surface area contributed by atoms with Crippen LogP contribution in [0.3, 0.4) is 0 Å². The van der Waals surface area contributed by atoms with E-state index in [1.54, 1.807) is 0 Å². The van der Waals surface area contributed by atoms with Crippen LogP contribution in [-0.4, -0.2) is 21.3 Å². The van der Waals surface area contributed by atoms with E-state index in [1.165, 1.54) is 0 Å². The molecule has 0 atom stereocenters. The number of carboxylic acid groups (broad SMARTS) is 1. The molecule has 100 valence electrons. The molecule has 1 aromatic carbocycles. The van der Waals surface area contributed by atoms with E-state index in [2.05, 4.69) is 10.2 Å². The first kappa shape index (κ1) is 13.5. The van der Waals surface area contributed by atoms with Crippen molar-refractivity contribution in [2.24, 2.45) is 0 Å². The van der Waals surface area contributed by atoms with Crippen LogP contribution in [0.4, 0.5) is 0 Å². The maximum Gasteiger partial charge on any atom is 0.303 e. The number of aryl methyl sites for hydroxylation is 2. The molecule has 0 bridgehead atoms. The first-order valence-corrected chi connectivity index (χ1v) is 6.25. The van der Waals surface area contributed by atoms with Crippen molar-refractivity contribution in [2.75, 3.05) is 0 Å². The Morgan fingerprint density at radius 1 is 1.42 bits per heavy atom. The van der Waals surface area contributed by atoms with Gasteiger partial charge in [-0.05, 0) is 31.0 Å². The van der Waals surface area contributed by atoms with Crippen LogP contribution in [-0.2, 0) is 11.2 Å². The minimum absolute atomic E-state index is 0.0863. The van der Waals surface area contributed by atoms with E-state index in [-0.39, 0.29) is 6.42 Å². The van der Waals surface area contributed by atoms with Crippen LogP contribution in [0.1, 0.15) is 24.3 Å². The van der Waals surface area contributed by atoms with E-state index < -0.39 is 5.97 Å². The third-order valence-corrected chi connectivity index (χ3v) is 2.92. The zero-order valence-corrected chi connectivity index (χ0v) is 11.1. The molecule has 0 amide bonds. The highest BCUT2D eigenvalue weighted by molar-refractivity contribution is 6.33. The summed E-state index contributed by atoms with van der Waals surface area (Å²) in [5.41, 5.74) is 1.74. The molecule has 5 nitrogen and oxygen atoms in total. The van der Waals surface area contributed by atoms with Crippen molar-refractivity contribution >= 4 is 17.6 Å². The van der Waals surface area contributed by atoms with Gasteiger partial charge in [0.05, 0.1) is 10.6 Å². The van der Waals surface area contributed by atoms with Gasteiger partial charge in [0.15, 0.2) is 0 Å². The molecule has 0 saturated carbocycles. The summed E-state index contributed by atoms with van der Waals surface area (Å²) >= 11 is 6.11. The number of nitrogens with zero attached hydrogens (tertiary/aromatic N) is 2. The van der Waals surface area contributed by atoms with Gasteiger partial charge < -0.3 is 9.52 Å². The van der Waals surface area contributed by atoms with Gasteiger partial charge in [-0.15, -0.1) is 10.2 Å². The Hall–Kier alpha value is -1.88. The lowest BCUT2D eigenvalue weighted by Crippen LogP contribution is -1.95. The molecule has 0 unspecified atom stereocenters. The third-order valence-electron chi connectivity index (χ3n) is 2.60. The summed E-state index contributed by atoms with van der Waals surface area (Å²) in [5, 5.41) is 16.9. The second-order valence-corrected chi connectivity index (χ2v) is 4.64. The largest absolute Gasteiger partial charge is 0.481 e. The minimum atomic E-state index is -0.832. The molecule has 6 heteroatoms. The fraction of sp³-hybridized carbons (Fsp3) is 0.308. The van der Waals surface area contributed by atoms with Crippen molar-refractivity contribution < 1.29 is 14.3 Å². The number of carbonyl (C=O) groups is 1. The lowest BCUT2D eigenvalue weighted by atomic mass is 10.1. The number of hydrogen-bond donors (Lipinski definition) is 1. The highest BCUT2D eigenvalue weighted by Gasteiger charge is 2.12. The second kappa shape index (κ2) is 5.84. The predicted molar refractivity (Wildman–Crippen MR) is 70.1 cm³/mol. The smallest absolute Gasteiger partial charge is 0.303 e. The van der Waals surface area contributed by atoms with Crippen LogP contribution in [0.5, 0.6) is 0 Å². The van der Waals surface area contributed by atoms with Crippen molar-refractivity contribution in [3.63, 3.8) is 0 Å².